The van der Waals surface area contributed by atoms with E-state index >= 15 is 0 Å². The molecule has 6 heteroatoms. The number of nitrogens with zero attached hydrogens (tertiary/aromatic N) is 1. The van der Waals surface area contributed by atoms with Crippen molar-refractivity contribution in [2.75, 3.05) is 20.2 Å². The number of methoxy groups -OCH3 is 1. The van der Waals surface area contributed by atoms with Gasteiger partial charge in [0.2, 0.25) is 0 Å². The SMILES string of the molecule is CCN(CC(C)(C)O)C(=O)c1cc(OC)c(Br)s1. The van der Waals surface area contributed by atoms with Crippen LogP contribution in [0.25, 0.3) is 0 Å². The van der Waals surface area contributed by atoms with Gasteiger partial charge in [-0.1, -0.05) is 0 Å². The highest BCUT2D eigenvalue weighted by molar-refractivity contribution is 9.11. The number of rotatable bonds is 5. The van der Waals surface area contributed by atoms with Crippen LogP contribution in [0.1, 0.15) is 30.4 Å². The lowest BCUT2D eigenvalue weighted by Gasteiger charge is -2.27. The number of hydrogen-bond donors (Lipinski definition) is 1. The summed E-state index contributed by atoms with van der Waals surface area (Å²) in [6, 6.07) is 1.71. The van der Waals surface area contributed by atoms with Gasteiger partial charge in [0.1, 0.15) is 9.54 Å². The topological polar surface area (TPSA) is 49.8 Å². The Morgan fingerprint density at radius 1 is 1.61 bits per heavy atom. The third-order valence-corrected chi connectivity index (χ3v) is 4.10. The van der Waals surface area contributed by atoms with Gasteiger partial charge >= 0.3 is 0 Å². The summed E-state index contributed by atoms with van der Waals surface area (Å²) in [6.07, 6.45) is 0. The fourth-order valence-corrected chi connectivity index (χ4v) is 3.16. The molecule has 0 saturated carbocycles. The van der Waals surface area contributed by atoms with Gasteiger partial charge in [-0.3, -0.25) is 4.79 Å². The Labute approximate surface area is 120 Å². The van der Waals surface area contributed by atoms with Crippen LogP contribution in [0.5, 0.6) is 5.75 Å². The smallest absolute Gasteiger partial charge is 0.264 e. The van der Waals surface area contributed by atoms with Crippen molar-refractivity contribution >= 4 is 33.2 Å². The molecule has 0 aromatic carbocycles. The van der Waals surface area contributed by atoms with Crippen LogP contribution in [0.2, 0.25) is 0 Å². The minimum absolute atomic E-state index is 0.0892. The van der Waals surface area contributed by atoms with Gasteiger partial charge in [0.05, 0.1) is 17.6 Å². The minimum atomic E-state index is -0.899. The molecule has 102 valence electrons. The highest BCUT2D eigenvalue weighted by Gasteiger charge is 2.24. The Bertz CT molecular complexity index is 425. The second-order valence-corrected chi connectivity index (χ2v) is 6.95. The molecule has 0 saturated heterocycles. The predicted octanol–water partition coefficient (Wildman–Crippen LogP) is 2.75. The van der Waals surface area contributed by atoms with Gasteiger partial charge in [-0.2, -0.15) is 0 Å². The molecule has 0 atom stereocenters. The zero-order valence-corrected chi connectivity index (χ0v) is 13.4. The third-order valence-electron chi connectivity index (χ3n) is 2.33. The van der Waals surface area contributed by atoms with Crippen LogP contribution in [-0.4, -0.2) is 41.7 Å². The van der Waals surface area contributed by atoms with Crippen LogP contribution in [0, 0.1) is 0 Å². The van der Waals surface area contributed by atoms with E-state index in [4.69, 9.17) is 4.74 Å². The molecule has 0 unspecified atom stereocenters. The van der Waals surface area contributed by atoms with E-state index in [1.165, 1.54) is 11.3 Å². The number of halogens is 1. The van der Waals surface area contributed by atoms with Crippen LogP contribution in [0.15, 0.2) is 9.85 Å². The summed E-state index contributed by atoms with van der Waals surface area (Å²) in [5.74, 6) is 0.566. The van der Waals surface area contributed by atoms with E-state index in [0.717, 1.165) is 3.79 Å². The second kappa shape index (κ2) is 6.04. The largest absolute Gasteiger partial charge is 0.495 e. The summed E-state index contributed by atoms with van der Waals surface area (Å²) < 4.78 is 5.93. The summed E-state index contributed by atoms with van der Waals surface area (Å²) in [7, 11) is 1.56. The fraction of sp³-hybridized carbons (Fsp3) is 0.583. The molecule has 0 aliphatic carbocycles. The maximum absolute atomic E-state index is 12.3. The van der Waals surface area contributed by atoms with Crippen molar-refractivity contribution < 1.29 is 14.6 Å². The van der Waals surface area contributed by atoms with Crippen molar-refractivity contribution in [1.82, 2.24) is 4.90 Å². The van der Waals surface area contributed by atoms with Crippen LogP contribution in [0.3, 0.4) is 0 Å². The first-order valence-corrected chi connectivity index (χ1v) is 7.24. The fourth-order valence-electron chi connectivity index (χ4n) is 1.55. The standard InChI is InChI=1S/C12H18BrNO3S/c1-5-14(7-12(2,3)16)11(15)9-6-8(17-4)10(13)18-9/h6,16H,5,7H2,1-4H3. The lowest BCUT2D eigenvalue weighted by atomic mass is 10.1. The number of amides is 1. The average molecular weight is 336 g/mol. The third kappa shape index (κ3) is 3.96. The summed E-state index contributed by atoms with van der Waals surface area (Å²) >= 11 is 4.69. The molecule has 1 rings (SSSR count). The number of carbonyl (C=O) groups excluding carboxylic acids is 1. The molecule has 0 fully saturated rings. The Hall–Kier alpha value is -0.590. The van der Waals surface area contributed by atoms with E-state index in [1.54, 1.807) is 31.9 Å². The van der Waals surface area contributed by atoms with Crippen molar-refractivity contribution in [3.05, 3.63) is 14.7 Å². The molecular formula is C12H18BrNO3S. The van der Waals surface area contributed by atoms with Crippen molar-refractivity contribution in [3.63, 3.8) is 0 Å². The van der Waals surface area contributed by atoms with Crippen LogP contribution < -0.4 is 4.74 Å². The summed E-state index contributed by atoms with van der Waals surface area (Å²) in [5, 5.41) is 9.80. The van der Waals surface area contributed by atoms with E-state index in [-0.39, 0.29) is 5.91 Å². The molecule has 1 N–H and O–H groups in total. The number of thiophene rings is 1. The van der Waals surface area contributed by atoms with Gasteiger partial charge < -0.3 is 14.7 Å². The zero-order valence-electron chi connectivity index (χ0n) is 11.0. The van der Waals surface area contributed by atoms with Gasteiger partial charge in [-0.25, -0.2) is 0 Å². The molecule has 0 spiro atoms. The summed E-state index contributed by atoms with van der Waals surface area (Å²) in [6.45, 7) is 6.13. The van der Waals surface area contributed by atoms with Gasteiger partial charge in [0, 0.05) is 19.2 Å². The van der Waals surface area contributed by atoms with Crippen molar-refractivity contribution in [1.29, 1.82) is 0 Å². The van der Waals surface area contributed by atoms with Gasteiger partial charge in [-0.15, -0.1) is 11.3 Å². The van der Waals surface area contributed by atoms with E-state index in [9.17, 15) is 9.90 Å². The molecule has 1 aromatic heterocycles. The molecule has 4 nitrogen and oxygen atoms in total. The Morgan fingerprint density at radius 3 is 2.61 bits per heavy atom. The van der Waals surface area contributed by atoms with E-state index in [1.807, 2.05) is 6.92 Å². The zero-order chi connectivity index (χ0) is 13.9. The van der Waals surface area contributed by atoms with Crippen molar-refractivity contribution in [2.45, 2.75) is 26.4 Å². The second-order valence-electron chi connectivity index (χ2n) is 4.58. The monoisotopic (exact) mass is 335 g/mol. The summed E-state index contributed by atoms with van der Waals surface area (Å²) in [5.41, 5.74) is -0.899. The van der Waals surface area contributed by atoms with Crippen LogP contribution in [0.4, 0.5) is 0 Å². The average Bonchev–Trinajstić information content (AvgIpc) is 2.65. The minimum Gasteiger partial charge on any atom is -0.495 e. The first-order valence-electron chi connectivity index (χ1n) is 5.63. The Balaban J connectivity index is 2.89. The lowest BCUT2D eigenvalue weighted by molar-refractivity contribution is 0.0317. The van der Waals surface area contributed by atoms with E-state index in [0.29, 0.717) is 23.7 Å². The van der Waals surface area contributed by atoms with Gasteiger partial charge in [0.15, 0.2) is 0 Å². The number of likely N-dealkylation sites (N-methyl/N-ethyl adjacent to an activating group) is 1. The van der Waals surface area contributed by atoms with Gasteiger partial charge in [-0.05, 0) is 36.7 Å². The van der Waals surface area contributed by atoms with Gasteiger partial charge in [0.25, 0.3) is 5.91 Å². The highest BCUT2D eigenvalue weighted by atomic mass is 79.9. The maximum atomic E-state index is 12.3. The predicted molar refractivity (Wildman–Crippen MR) is 76.4 cm³/mol. The first kappa shape index (κ1) is 15.5. The molecule has 18 heavy (non-hydrogen) atoms. The normalized spacial score (nSPS) is 11.4. The van der Waals surface area contributed by atoms with E-state index in [2.05, 4.69) is 15.9 Å². The molecule has 1 aromatic rings. The molecular weight excluding hydrogens is 318 g/mol. The van der Waals surface area contributed by atoms with Crippen molar-refractivity contribution in [3.8, 4) is 5.75 Å². The molecule has 0 aliphatic heterocycles. The number of aliphatic hydroxyl groups is 1. The lowest BCUT2D eigenvalue weighted by Crippen LogP contribution is -2.41. The number of hydrogen-bond acceptors (Lipinski definition) is 4. The highest BCUT2D eigenvalue weighted by Crippen LogP contribution is 2.35. The van der Waals surface area contributed by atoms with Crippen LogP contribution >= 0.6 is 27.3 Å². The quantitative estimate of drug-likeness (QED) is 0.900. The molecule has 0 bridgehead atoms. The summed E-state index contributed by atoms with van der Waals surface area (Å²) in [4.78, 5) is 14.5. The molecule has 1 heterocycles. The van der Waals surface area contributed by atoms with Crippen molar-refractivity contribution in [2.24, 2.45) is 0 Å². The molecule has 1 amide bonds. The number of carbonyl (C=O) groups is 1. The van der Waals surface area contributed by atoms with Crippen LogP contribution in [-0.2, 0) is 0 Å². The number of ether oxygens (including phenoxy) is 1. The molecule has 0 aliphatic rings. The van der Waals surface area contributed by atoms with E-state index < -0.39 is 5.60 Å². The molecule has 0 radical (unpaired) electrons. The Kier molecular flexibility index (Phi) is 5.19. The first-order chi connectivity index (χ1) is 8.28. The Morgan fingerprint density at radius 2 is 2.22 bits per heavy atom. The maximum Gasteiger partial charge on any atom is 0.264 e.